The number of rotatable bonds is 6. The molecular weight excluding hydrogens is 412 g/mol. The van der Waals surface area contributed by atoms with Crippen molar-refractivity contribution in [1.82, 2.24) is 18.9 Å². The standard InChI is InChI=1S/C23H26N4O5/c1-15-10-16(2)12-26(11-15)18(28)13-25-8-9-27-21(29)20(19(22(30)31)24-23(25)27)32-14-17-6-4-3-5-7-17/h3-9,15-16H,10-14H2,1-2H3,(H,30,31). The maximum Gasteiger partial charge on any atom is 0.358 e. The lowest BCUT2D eigenvalue weighted by atomic mass is 9.92. The van der Waals surface area contributed by atoms with Crippen LogP contribution in [-0.2, 0) is 17.9 Å². The van der Waals surface area contributed by atoms with E-state index < -0.39 is 17.2 Å². The SMILES string of the molecule is CC1CC(C)CN(C(=O)Cn2ccn3c(=O)c(OCc4ccccc4)c(C(=O)O)nc23)C1. The van der Waals surface area contributed by atoms with E-state index in [1.807, 2.05) is 35.2 Å². The van der Waals surface area contributed by atoms with Gasteiger partial charge in [-0.25, -0.2) is 14.2 Å². The molecule has 1 aliphatic rings. The number of carboxylic acid groups (broad SMARTS) is 1. The van der Waals surface area contributed by atoms with E-state index in [0.717, 1.165) is 12.0 Å². The number of benzene rings is 1. The fraction of sp³-hybridized carbons (Fsp3) is 0.391. The summed E-state index contributed by atoms with van der Waals surface area (Å²) in [5.41, 5.74) is -0.310. The predicted octanol–water partition coefficient (Wildman–Crippen LogP) is 2.28. The van der Waals surface area contributed by atoms with E-state index in [4.69, 9.17) is 4.74 Å². The van der Waals surface area contributed by atoms with Gasteiger partial charge in [0.25, 0.3) is 0 Å². The summed E-state index contributed by atoms with van der Waals surface area (Å²) in [5.74, 6) is -0.851. The largest absolute Gasteiger partial charge is 0.481 e. The van der Waals surface area contributed by atoms with Crippen LogP contribution < -0.4 is 10.3 Å². The summed E-state index contributed by atoms with van der Waals surface area (Å²) < 4.78 is 8.28. The number of imidazole rings is 1. The Morgan fingerprint density at radius 3 is 2.47 bits per heavy atom. The highest BCUT2D eigenvalue weighted by Gasteiger charge is 2.27. The first-order valence-electron chi connectivity index (χ1n) is 10.6. The van der Waals surface area contributed by atoms with Gasteiger partial charge in [-0.15, -0.1) is 0 Å². The summed E-state index contributed by atoms with van der Waals surface area (Å²) in [5, 5.41) is 9.64. The molecule has 1 fully saturated rings. The van der Waals surface area contributed by atoms with Crippen molar-refractivity contribution in [3.63, 3.8) is 0 Å². The molecule has 2 unspecified atom stereocenters. The third kappa shape index (κ3) is 4.37. The zero-order valence-corrected chi connectivity index (χ0v) is 18.1. The van der Waals surface area contributed by atoms with E-state index in [1.165, 1.54) is 15.2 Å². The third-order valence-corrected chi connectivity index (χ3v) is 5.66. The minimum absolute atomic E-state index is 0.0222. The first-order chi connectivity index (χ1) is 15.3. The molecule has 9 heteroatoms. The first-order valence-corrected chi connectivity index (χ1v) is 10.6. The summed E-state index contributed by atoms with van der Waals surface area (Å²) in [7, 11) is 0. The first kappa shape index (κ1) is 21.6. The number of nitrogens with zero attached hydrogens (tertiary/aromatic N) is 4. The van der Waals surface area contributed by atoms with E-state index in [0.29, 0.717) is 24.9 Å². The normalized spacial score (nSPS) is 18.6. The van der Waals surface area contributed by atoms with Gasteiger partial charge in [0.2, 0.25) is 17.4 Å². The molecule has 1 N–H and O–H groups in total. The van der Waals surface area contributed by atoms with E-state index >= 15 is 0 Å². The quantitative estimate of drug-likeness (QED) is 0.633. The fourth-order valence-corrected chi connectivity index (χ4v) is 4.30. The number of hydrogen-bond acceptors (Lipinski definition) is 5. The number of fused-ring (bicyclic) bond motifs is 1. The molecule has 3 heterocycles. The van der Waals surface area contributed by atoms with Crippen LogP contribution in [0.25, 0.3) is 5.78 Å². The van der Waals surface area contributed by atoms with Gasteiger partial charge in [0.1, 0.15) is 13.2 Å². The van der Waals surface area contributed by atoms with Crippen LogP contribution in [-0.4, -0.2) is 48.9 Å². The maximum absolute atomic E-state index is 13.0. The molecule has 0 radical (unpaired) electrons. The molecule has 0 saturated carbocycles. The minimum Gasteiger partial charge on any atom is -0.481 e. The van der Waals surface area contributed by atoms with Gasteiger partial charge < -0.3 is 19.3 Å². The van der Waals surface area contributed by atoms with Crippen LogP contribution in [0.15, 0.2) is 47.5 Å². The van der Waals surface area contributed by atoms with Gasteiger partial charge in [-0.1, -0.05) is 44.2 Å². The molecule has 168 valence electrons. The summed E-state index contributed by atoms with van der Waals surface area (Å²) >= 11 is 0. The number of aromatic nitrogens is 3. The fourth-order valence-electron chi connectivity index (χ4n) is 4.30. The average molecular weight is 438 g/mol. The van der Waals surface area contributed by atoms with E-state index in [-0.39, 0.29) is 30.6 Å². The number of hydrogen-bond donors (Lipinski definition) is 1. The number of amides is 1. The van der Waals surface area contributed by atoms with Crippen molar-refractivity contribution in [1.29, 1.82) is 0 Å². The van der Waals surface area contributed by atoms with Crippen LogP contribution in [0.2, 0.25) is 0 Å². The van der Waals surface area contributed by atoms with Gasteiger partial charge in [-0.05, 0) is 23.8 Å². The Balaban J connectivity index is 1.63. The lowest BCUT2D eigenvalue weighted by Crippen LogP contribution is -2.44. The number of likely N-dealkylation sites (tertiary alicyclic amines) is 1. The van der Waals surface area contributed by atoms with Gasteiger partial charge >= 0.3 is 11.5 Å². The molecular formula is C23H26N4O5. The van der Waals surface area contributed by atoms with Crippen LogP contribution in [0, 0.1) is 11.8 Å². The van der Waals surface area contributed by atoms with Gasteiger partial charge in [0.05, 0.1) is 0 Å². The Kier molecular flexibility index (Phi) is 5.98. The highest BCUT2D eigenvalue weighted by Crippen LogP contribution is 2.21. The molecule has 0 aliphatic carbocycles. The molecule has 3 aromatic rings. The summed E-state index contributed by atoms with van der Waals surface area (Å²) in [6, 6.07) is 9.13. The van der Waals surface area contributed by atoms with Crippen molar-refractivity contribution < 1.29 is 19.4 Å². The monoisotopic (exact) mass is 438 g/mol. The number of carbonyl (C=O) groups excluding carboxylic acids is 1. The van der Waals surface area contributed by atoms with Crippen LogP contribution in [0.1, 0.15) is 36.3 Å². The molecule has 9 nitrogen and oxygen atoms in total. The zero-order valence-electron chi connectivity index (χ0n) is 18.1. The molecule has 1 aromatic carbocycles. The van der Waals surface area contributed by atoms with Gasteiger partial charge in [0, 0.05) is 25.5 Å². The van der Waals surface area contributed by atoms with Crippen LogP contribution in [0.4, 0.5) is 0 Å². The van der Waals surface area contributed by atoms with E-state index in [9.17, 15) is 19.5 Å². The Hall–Kier alpha value is -3.62. The number of aromatic carboxylic acids is 1. The zero-order chi connectivity index (χ0) is 22.8. The molecule has 1 saturated heterocycles. The Morgan fingerprint density at radius 2 is 1.81 bits per heavy atom. The number of carboxylic acids is 1. The molecule has 1 amide bonds. The summed E-state index contributed by atoms with van der Waals surface area (Å²) in [4.78, 5) is 43.7. The van der Waals surface area contributed by atoms with Crippen molar-refractivity contribution in [2.75, 3.05) is 13.1 Å². The molecule has 0 spiro atoms. The minimum atomic E-state index is -1.37. The van der Waals surface area contributed by atoms with Crippen LogP contribution >= 0.6 is 0 Å². The molecule has 4 rings (SSSR count). The highest BCUT2D eigenvalue weighted by molar-refractivity contribution is 5.89. The van der Waals surface area contributed by atoms with Crippen molar-refractivity contribution in [3.05, 3.63) is 64.3 Å². The second kappa shape index (κ2) is 8.86. The topological polar surface area (TPSA) is 106 Å². The van der Waals surface area contributed by atoms with Gasteiger partial charge in [0.15, 0.2) is 5.69 Å². The highest BCUT2D eigenvalue weighted by atomic mass is 16.5. The Bertz CT molecular complexity index is 1190. The molecule has 2 aromatic heterocycles. The van der Waals surface area contributed by atoms with Crippen molar-refractivity contribution in [3.8, 4) is 5.75 Å². The lowest BCUT2D eigenvalue weighted by molar-refractivity contribution is -0.134. The van der Waals surface area contributed by atoms with Gasteiger partial charge in [-0.3, -0.25) is 9.59 Å². The molecule has 32 heavy (non-hydrogen) atoms. The van der Waals surface area contributed by atoms with Gasteiger partial charge in [-0.2, -0.15) is 0 Å². The molecule has 0 bridgehead atoms. The second-order valence-corrected chi connectivity index (χ2v) is 8.51. The smallest absolute Gasteiger partial charge is 0.358 e. The number of ether oxygens (including phenoxy) is 1. The predicted molar refractivity (Wildman–Crippen MR) is 117 cm³/mol. The number of carbonyl (C=O) groups is 2. The third-order valence-electron chi connectivity index (χ3n) is 5.66. The number of piperidine rings is 1. The van der Waals surface area contributed by atoms with Crippen molar-refractivity contribution in [2.24, 2.45) is 11.8 Å². The van der Waals surface area contributed by atoms with Crippen LogP contribution in [0.3, 0.4) is 0 Å². The Labute approximate surface area is 184 Å². The van der Waals surface area contributed by atoms with Crippen molar-refractivity contribution in [2.45, 2.75) is 33.4 Å². The lowest BCUT2D eigenvalue weighted by Gasteiger charge is -2.35. The molecule has 1 aliphatic heterocycles. The van der Waals surface area contributed by atoms with Crippen LogP contribution in [0.5, 0.6) is 5.75 Å². The summed E-state index contributed by atoms with van der Waals surface area (Å²) in [6.07, 6.45) is 4.12. The Morgan fingerprint density at radius 1 is 1.12 bits per heavy atom. The van der Waals surface area contributed by atoms with E-state index in [1.54, 1.807) is 6.20 Å². The summed E-state index contributed by atoms with van der Waals surface area (Å²) in [6.45, 7) is 5.64. The maximum atomic E-state index is 13.0. The van der Waals surface area contributed by atoms with Crippen molar-refractivity contribution >= 4 is 17.7 Å². The second-order valence-electron chi connectivity index (χ2n) is 8.51. The molecule has 2 atom stereocenters. The average Bonchev–Trinajstić information content (AvgIpc) is 3.15. The van der Waals surface area contributed by atoms with E-state index in [2.05, 4.69) is 18.8 Å².